The zero-order chi connectivity index (χ0) is 17.2. The summed E-state index contributed by atoms with van der Waals surface area (Å²) in [6.45, 7) is 0.140. The fourth-order valence-electron chi connectivity index (χ4n) is 2.39. The molecule has 1 aromatic heterocycles. The van der Waals surface area contributed by atoms with Gasteiger partial charge in [0.1, 0.15) is 0 Å². The molecule has 0 amide bonds. The van der Waals surface area contributed by atoms with E-state index in [2.05, 4.69) is 44.7 Å². The van der Waals surface area contributed by atoms with Gasteiger partial charge < -0.3 is 22.9 Å². The number of aromatic nitrogens is 1. The molecule has 0 unspecified atom stereocenters. The molecule has 0 radical (unpaired) electrons. The second-order valence-electron chi connectivity index (χ2n) is 5.01. The van der Waals surface area contributed by atoms with E-state index in [9.17, 15) is 0 Å². The molecule has 4 rings (SSSR count). The predicted molar refractivity (Wildman–Crippen MR) is 118 cm³/mol. The molecule has 0 aliphatic carbocycles. The Kier molecular flexibility index (Phi) is 19.0. The summed E-state index contributed by atoms with van der Waals surface area (Å²) in [5.41, 5.74) is 2.03. The zero-order valence-electron chi connectivity index (χ0n) is 14.5. The summed E-state index contributed by atoms with van der Waals surface area (Å²) in [4.78, 5) is 4.41. The average molecular weight is 584 g/mol. The Morgan fingerprint density at radius 2 is 1.25 bits per heavy atom. The van der Waals surface area contributed by atoms with E-state index in [-0.39, 0.29) is 31.8 Å². The van der Waals surface area contributed by atoms with Crippen molar-refractivity contribution in [2.45, 2.75) is 14.0 Å². The molecule has 0 saturated heterocycles. The van der Waals surface area contributed by atoms with Gasteiger partial charge in [-0.1, -0.05) is 80.2 Å². The summed E-state index contributed by atoms with van der Waals surface area (Å²) in [6, 6.07) is 26.1. The monoisotopic (exact) mass is 583 g/mol. The van der Waals surface area contributed by atoms with Crippen LogP contribution in [0.4, 0.5) is 0 Å². The van der Waals surface area contributed by atoms with Crippen LogP contribution in [0.2, 0.25) is 0 Å². The molecule has 0 aliphatic heterocycles. The van der Waals surface area contributed by atoms with Crippen molar-refractivity contribution in [3.63, 3.8) is 0 Å². The van der Waals surface area contributed by atoms with Crippen molar-refractivity contribution in [3.8, 4) is 0 Å². The van der Waals surface area contributed by atoms with E-state index in [0.717, 1.165) is 11.1 Å². The van der Waals surface area contributed by atoms with Crippen molar-refractivity contribution >= 4 is 31.1 Å². The Morgan fingerprint density at radius 3 is 1.82 bits per heavy atom. The fraction of sp³-hybridized carbons (Fsp3) is 0.0952. The van der Waals surface area contributed by atoms with Crippen LogP contribution in [-0.2, 0) is 25.4 Å². The van der Waals surface area contributed by atoms with E-state index >= 15 is 0 Å². The molecule has 0 bridgehead atoms. The van der Waals surface area contributed by atoms with Gasteiger partial charge in [-0.2, -0.15) is 0 Å². The molecule has 7 N–H and O–H groups in total. The number of fused-ring (bicyclic) bond motifs is 3. The quantitative estimate of drug-likeness (QED) is 0.256. The molecular formula is C21H27ClN3O2Pt-2. The number of nitrogens with zero attached hydrogens (tertiary/aromatic N) is 1. The van der Waals surface area contributed by atoms with Gasteiger partial charge in [0.25, 0.3) is 0 Å². The van der Waals surface area contributed by atoms with Crippen molar-refractivity contribution in [3.05, 3.63) is 103 Å². The number of rotatable bonds is 1. The molecular weight excluding hydrogens is 557 g/mol. The summed E-state index contributed by atoms with van der Waals surface area (Å²) in [5.74, 6) is 0. The van der Waals surface area contributed by atoms with E-state index < -0.39 is 0 Å². The largest absolute Gasteiger partial charge is 0.693 e. The smallest absolute Gasteiger partial charge is 0.0708 e. The van der Waals surface area contributed by atoms with Crippen molar-refractivity contribution < 1.29 is 29.4 Å². The number of benzene rings is 3. The standard InChI is InChI=1S/C13H9N.C7H8O.CH4.ClH.2H2N.H2O.Pt/c1-2-6-11-10(5-1)9-14-13-8-4-3-7-12(11)13;8-6-7-4-2-1-3-5-7;;;;;;/h1-9H;1-5,8H,6H2;1H4;1H;3*1H2;/q;;;;2*-1;;+1/p-1. The third kappa shape index (κ3) is 8.44. The van der Waals surface area contributed by atoms with Crippen molar-refractivity contribution in [1.29, 1.82) is 0 Å². The van der Waals surface area contributed by atoms with Gasteiger partial charge in [-0.15, -0.1) is 0 Å². The van der Waals surface area contributed by atoms with E-state index in [4.69, 9.17) is 5.11 Å². The molecule has 7 heteroatoms. The second kappa shape index (κ2) is 17.3. The molecule has 28 heavy (non-hydrogen) atoms. The molecule has 1 heterocycles. The second-order valence-corrected chi connectivity index (χ2v) is 5.01. The van der Waals surface area contributed by atoms with E-state index in [1.54, 1.807) is 18.8 Å². The number of para-hydroxylation sites is 1. The minimum Gasteiger partial charge on any atom is -0.693 e. The van der Waals surface area contributed by atoms with Crippen LogP contribution in [0.3, 0.4) is 0 Å². The maximum absolute atomic E-state index is 8.54. The van der Waals surface area contributed by atoms with E-state index in [1.165, 1.54) is 16.2 Å². The Morgan fingerprint density at radius 1 is 0.750 bits per heavy atom. The topological polar surface area (TPSA) is 132 Å². The number of hydrogen-bond donors (Lipinski definition) is 1. The van der Waals surface area contributed by atoms with Crippen LogP contribution in [0, 0.1) is 0 Å². The van der Waals surface area contributed by atoms with Crippen LogP contribution in [0.15, 0.2) is 85.1 Å². The third-order valence-corrected chi connectivity index (χ3v) is 3.52. The summed E-state index contributed by atoms with van der Waals surface area (Å²) in [6.07, 6.45) is 1.93. The molecule has 0 atom stereocenters. The molecule has 4 aromatic rings. The number of pyridine rings is 1. The van der Waals surface area contributed by atoms with Crippen molar-refractivity contribution in [1.82, 2.24) is 4.98 Å². The number of aliphatic hydroxyl groups excluding tert-OH is 1. The third-order valence-electron chi connectivity index (χ3n) is 3.52. The Bertz CT molecular complexity index is 841. The summed E-state index contributed by atoms with van der Waals surface area (Å²) >= 11 is 1.61. The first-order valence-electron chi connectivity index (χ1n) is 7.38. The molecule has 0 fully saturated rings. The van der Waals surface area contributed by atoms with Gasteiger partial charge in [0.15, 0.2) is 0 Å². The van der Waals surface area contributed by atoms with Crippen LogP contribution in [0.1, 0.15) is 13.0 Å². The van der Waals surface area contributed by atoms with Crippen molar-refractivity contribution in [2.75, 3.05) is 0 Å². The van der Waals surface area contributed by atoms with E-state index in [0.29, 0.717) is 0 Å². The van der Waals surface area contributed by atoms with Gasteiger partial charge in [0, 0.05) is 17.0 Å². The van der Waals surface area contributed by atoms with E-state index in [1.807, 2.05) is 54.7 Å². The molecule has 157 valence electrons. The van der Waals surface area contributed by atoms with Gasteiger partial charge in [-0.05, 0) is 17.0 Å². The molecule has 0 saturated carbocycles. The SMILES string of the molecule is C.O.OCc1ccccc1.[Cl][Pt].[NH2-].[NH2-].c1ccc2c(c1)cnc1ccccc12. The Labute approximate surface area is 182 Å². The van der Waals surface area contributed by atoms with Gasteiger partial charge in [-0.25, -0.2) is 0 Å². The molecule has 0 spiro atoms. The minimum atomic E-state index is 0. The van der Waals surface area contributed by atoms with Crippen LogP contribution in [0.25, 0.3) is 34.0 Å². The Balaban J connectivity index is -0.000000395. The van der Waals surface area contributed by atoms with Crippen molar-refractivity contribution in [2.24, 2.45) is 0 Å². The zero-order valence-corrected chi connectivity index (χ0v) is 17.6. The first-order valence-corrected chi connectivity index (χ1v) is 10.2. The van der Waals surface area contributed by atoms with Crippen LogP contribution < -0.4 is 0 Å². The predicted octanol–water partition coefficient (Wildman–Crippen LogP) is 6.50. The number of hydrogen-bond acceptors (Lipinski definition) is 2. The fourth-order valence-corrected chi connectivity index (χ4v) is 2.39. The van der Waals surface area contributed by atoms with Crippen LogP contribution in [0.5, 0.6) is 0 Å². The first-order chi connectivity index (χ1) is 11.9. The van der Waals surface area contributed by atoms with Gasteiger partial charge >= 0.3 is 28.2 Å². The van der Waals surface area contributed by atoms with Gasteiger partial charge in [0.05, 0.1) is 12.1 Å². The number of nitrogens with two attached hydrogens (primary N) is 2. The molecule has 5 nitrogen and oxygen atoms in total. The average Bonchev–Trinajstić information content (AvgIpc) is 2.70. The molecule has 3 aromatic carbocycles. The van der Waals surface area contributed by atoms with Crippen LogP contribution in [-0.4, -0.2) is 15.6 Å². The summed E-state index contributed by atoms with van der Waals surface area (Å²) < 4.78 is 0. The Hall–Kier alpha value is -1.85. The summed E-state index contributed by atoms with van der Waals surface area (Å²) in [5, 5.41) is 12.2. The molecule has 0 aliphatic rings. The van der Waals surface area contributed by atoms with Gasteiger partial charge in [-0.3, -0.25) is 4.98 Å². The minimum absolute atomic E-state index is 0. The number of aliphatic hydroxyl groups is 1. The first kappa shape index (κ1) is 30.9. The normalized spacial score (nSPS) is 8.29. The summed E-state index contributed by atoms with van der Waals surface area (Å²) in [7, 11) is 4.61. The van der Waals surface area contributed by atoms with Gasteiger partial charge in [0.2, 0.25) is 0 Å². The number of halogens is 1. The van der Waals surface area contributed by atoms with Crippen LogP contribution >= 0.6 is 9.42 Å². The maximum Gasteiger partial charge on any atom is 0.0708 e. The maximum atomic E-state index is 8.54.